The minimum Gasteiger partial charge on any atom is -0.504 e. The first-order valence-corrected chi connectivity index (χ1v) is 4.22. The minimum absolute atomic E-state index is 0.134. The maximum Gasteiger partial charge on any atom is 0.161 e. The second-order valence-electron chi connectivity index (χ2n) is 3.02. The van der Waals surface area contributed by atoms with Gasteiger partial charge in [0.15, 0.2) is 11.5 Å². The molecule has 0 radical (unpaired) electrons. The standard InChI is InChI=1S/C10H14N2O2/c1-12(2)11-7-8-4-5-9(13)10(6-8)14-3/h4-7,13H,1-3H3/b11-7+. The topological polar surface area (TPSA) is 45.1 Å². The van der Waals surface area contributed by atoms with Crippen LogP contribution in [0.2, 0.25) is 0 Å². The molecule has 0 aliphatic carbocycles. The van der Waals surface area contributed by atoms with Gasteiger partial charge in [-0.2, -0.15) is 5.10 Å². The van der Waals surface area contributed by atoms with Gasteiger partial charge in [-0.05, 0) is 23.8 Å². The zero-order chi connectivity index (χ0) is 10.6. The monoisotopic (exact) mass is 194 g/mol. The molecule has 1 N–H and O–H groups in total. The molecular weight excluding hydrogens is 180 g/mol. The Bertz CT molecular complexity index is 335. The molecule has 0 saturated carbocycles. The quantitative estimate of drug-likeness (QED) is 0.582. The van der Waals surface area contributed by atoms with Gasteiger partial charge >= 0.3 is 0 Å². The number of hydrazone groups is 1. The van der Waals surface area contributed by atoms with Crippen LogP contribution in [0.5, 0.6) is 11.5 Å². The Kier molecular flexibility index (Phi) is 3.34. The predicted octanol–water partition coefficient (Wildman–Crippen LogP) is 1.30. The van der Waals surface area contributed by atoms with Crippen LogP contribution in [0.25, 0.3) is 0 Å². The van der Waals surface area contributed by atoms with E-state index in [2.05, 4.69) is 5.10 Å². The van der Waals surface area contributed by atoms with Gasteiger partial charge in [-0.3, -0.25) is 0 Å². The molecule has 0 spiro atoms. The summed E-state index contributed by atoms with van der Waals surface area (Å²) in [5.74, 6) is 0.585. The third-order valence-corrected chi connectivity index (χ3v) is 1.64. The van der Waals surface area contributed by atoms with Crippen molar-refractivity contribution in [3.05, 3.63) is 23.8 Å². The predicted molar refractivity (Wildman–Crippen MR) is 55.9 cm³/mol. The van der Waals surface area contributed by atoms with Gasteiger partial charge < -0.3 is 14.9 Å². The lowest BCUT2D eigenvalue weighted by molar-refractivity contribution is 0.373. The molecule has 0 aromatic heterocycles. The molecule has 76 valence electrons. The number of hydrogen-bond donors (Lipinski definition) is 1. The molecule has 0 heterocycles. The first-order valence-electron chi connectivity index (χ1n) is 4.22. The van der Waals surface area contributed by atoms with Gasteiger partial charge in [0.05, 0.1) is 13.3 Å². The van der Waals surface area contributed by atoms with Crippen LogP contribution >= 0.6 is 0 Å². The summed E-state index contributed by atoms with van der Waals surface area (Å²) >= 11 is 0. The molecule has 0 bridgehead atoms. The maximum absolute atomic E-state index is 9.33. The number of rotatable bonds is 3. The molecule has 4 nitrogen and oxygen atoms in total. The van der Waals surface area contributed by atoms with E-state index in [4.69, 9.17) is 4.74 Å². The Morgan fingerprint density at radius 3 is 2.71 bits per heavy atom. The number of phenols is 1. The Labute approximate surface area is 83.4 Å². The van der Waals surface area contributed by atoms with E-state index in [0.29, 0.717) is 5.75 Å². The van der Waals surface area contributed by atoms with E-state index >= 15 is 0 Å². The third kappa shape index (κ3) is 2.65. The van der Waals surface area contributed by atoms with Gasteiger partial charge in [-0.15, -0.1) is 0 Å². The Morgan fingerprint density at radius 1 is 1.43 bits per heavy atom. The van der Waals surface area contributed by atoms with Crippen LogP contribution in [0, 0.1) is 0 Å². The van der Waals surface area contributed by atoms with Crippen molar-refractivity contribution >= 4 is 6.21 Å². The number of hydrogen-bond acceptors (Lipinski definition) is 4. The molecule has 0 saturated heterocycles. The highest BCUT2D eigenvalue weighted by Crippen LogP contribution is 2.25. The molecule has 0 atom stereocenters. The minimum atomic E-state index is 0.134. The van der Waals surface area contributed by atoms with Crippen molar-refractivity contribution in [2.75, 3.05) is 21.2 Å². The van der Waals surface area contributed by atoms with Crippen molar-refractivity contribution in [3.63, 3.8) is 0 Å². The number of benzene rings is 1. The number of ether oxygens (including phenoxy) is 1. The van der Waals surface area contributed by atoms with Crippen molar-refractivity contribution in [3.8, 4) is 11.5 Å². The second-order valence-corrected chi connectivity index (χ2v) is 3.02. The molecular formula is C10H14N2O2. The van der Waals surface area contributed by atoms with Crippen molar-refractivity contribution in [1.29, 1.82) is 0 Å². The lowest BCUT2D eigenvalue weighted by Crippen LogP contribution is -2.01. The van der Waals surface area contributed by atoms with E-state index in [-0.39, 0.29) is 5.75 Å². The second kappa shape index (κ2) is 4.50. The highest BCUT2D eigenvalue weighted by atomic mass is 16.5. The Balaban J connectivity index is 2.89. The van der Waals surface area contributed by atoms with Crippen LogP contribution in [0.4, 0.5) is 0 Å². The molecule has 0 unspecified atom stereocenters. The molecule has 0 amide bonds. The molecule has 1 aromatic rings. The highest BCUT2D eigenvalue weighted by molar-refractivity contribution is 5.80. The van der Waals surface area contributed by atoms with Crippen LogP contribution in [0.15, 0.2) is 23.3 Å². The van der Waals surface area contributed by atoms with Crippen LogP contribution in [0.1, 0.15) is 5.56 Å². The van der Waals surface area contributed by atoms with Gasteiger partial charge in [-0.25, -0.2) is 0 Å². The lowest BCUT2D eigenvalue weighted by atomic mass is 10.2. The fraction of sp³-hybridized carbons (Fsp3) is 0.300. The third-order valence-electron chi connectivity index (χ3n) is 1.64. The van der Waals surface area contributed by atoms with E-state index in [9.17, 15) is 5.11 Å². The summed E-state index contributed by atoms with van der Waals surface area (Å²) in [5, 5.41) is 15.1. The number of methoxy groups -OCH3 is 1. The van der Waals surface area contributed by atoms with Crippen molar-refractivity contribution in [2.24, 2.45) is 5.10 Å². The first kappa shape index (κ1) is 10.4. The number of phenolic OH excluding ortho intramolecular Hbond substituents is 1. The Morgan fingerprint density at radius 2 is 2.14 bits per heavy atom. The summed E-state index contributed by atoms with van der Waals surface area (Å²) in [6.45, 7) is 0. The van der Waals surface area contributed by atoms with Crippen molar-refractivity contribution in [2.45, 2.75) is 0 Å². The summed E-state index contributed by atoms with van der Waals surface area (Å²) < 4.78 is 4.97. The molecule has 14 heavy (non-hydrogen) atoms. The summed E-state index contributed by atoms with van der Waals surface area (Å²) in [6, 6.07) is 5.07. The fourth-order valence-electron chi connectivity index (χ4n) is 0.957. The van der Waals surface area contributed by atoms with E-state index in [1.807, 2.05) is 14.1 Å². The zero-order valence-corrected chi connectivity index (χ0v) is 8.56. The van der Waals surface area contributed by atoms with Gasteiger partial charge in [0.1, 0.15) is 0 Å². The Hall–Kier alpha value is -1.71. The summed E-state index contributed by atoms with van der Waals surface area (Å²) in [6.07, 6.45) is 1.70. The molecule has 1 rings (SSSR count). The SMILES string of the molecule is COc1cc(/C=N/N(C)C)ccc1O. The fourth-order valence-corrected chi connectivity index (χ4v) is 0.957. The van der Waals surface area contributed by atoms with Crippen LogP contribution in [0.3, 0.4) is 0 Å². The summed E-state index contributed by atoms with van der Waals surface area (Å²) in [5.41, 5.74) is 0.883. The maximum atomic E-state index is 9.33. The molecule has 0 fully saturated rings. The molecule has 1 aromatic carbocycles. The number of aromatic hydroxyl groups is 1. The summed E-state index contributed by atoms with van der Waals surface area (Å²) in [4.78, 5) is 0. The van der Waals surface area contributed by atoms with Crippen LogP contribution in [-0.4, -0.2) is 37.5 Å². The van der Waals surface area contributed by atoms with Crippen molar-refractivity contribution < 1.29 is 9.84 Å². The zero-order valence-electron chi connectivity index (χ0n) is 8.56. The highest BCUT2D eigenvalue weighted by Gasteiger charge is 2.00. The van der Waals surface area contributed by atoms with Gasteiger partial charge in [0.25, 0.3) is 0 Å². The van der Waals surface area contributed by atoms with Gasteiger partial charge in [0, 0.05) is 14.1 Å². The van der Waals surface area contributed by atoms with E-state index in [1.165, 1.54) is 7.11 Å². The lowest BCUT2D eigenvalue weighted by Gasteiger charge is -2.05. The largest absolute Gasteiger partial charge is 0.504 e. The summed E-state index contributed by atoms with van der Waals surface area (Å²) in [7, 11) is 5.20. The van der Waals surface area contributed by atoms with Crippen molar-refractivity contribution in [1.82, 2.24) is 5.01 Å². The van der Waals surface area contributed by atoms with Crippen LogP contribution in [-0.2, 0) is 0 Å². The van der Waals surface area contributed by atoms with Gasteiger partial charge in [0.2, 0.25) is 0 Å². The first-order chi connectivity index (χ1) is 6.63. The van der Waals surface area contributed by atoms with Crippen LogP contribution < -0.4 is 4.74 Å². The normalized spacial score (nSPS) is 10.5. The molecule has 0 aliphatic rings. The van der Waals surface area contributed by atoms with E-state index in [0.717, 1.165) is 5.56 Å². The molecule has 0 aliphatic heterocycles. The average Bonchev–Trinajstić information content (AvgIpc) is 2.16. The van der Waals surface area contributed by atoms with E-state index in [1.54, 1.807) is 29.4 Å². The smallest absolute Gasteiger partial charge is 0.161 e. The van der Waals surface area contributed by atoms with E-state index < -0.39 is 0 Å². The van der Waals surface area contributed by atoms with Gasteiger partial charge in [-0.1, -0.05) is 0 Å². The molecule has 4 heteroatoms. The average molecular weight is 194 g/mol. The number of nitrogens with zero attached hydrogens (tertiary/aromatic N) is 2.